The highest BCUT2D eigenvalue weighted by Crippen LogP contribution is 2.28. The minimum atomic E-state index is -3.86. The molecule has 0 radical (unpaired) electrons. The Morgan fingerprint density at radius 2 is 1.91 bits per heavy atom. The van der Waals surface area contributed by atoms with Gasteiger partial charge in [-0.25, -0.2) is 8.42 Å². The summed E-state index contributed by atoms with van der Waals surface area (Å²) in [5, 5.41) is 4.08. The third kappa shape index (κ3) is 4.68. The molecule has 9 heteroatoms. The number of hydrogen-bond acceptors (Lipinski definition) is 4. The molecule has 32 heavy (non-hydrogen) atoms. The maximum absolute atomic E-state index is 13.2. The van der Waals surface area contributed by atoms with Gasteiger partial charge >= 0.3 is 0 Å². The quantitative estimate of drug-likeness (QED) is 0.570. The van der Waals surface area contributed by atoms with E-state index in [0.717, 1.165) is 16.5 Å². The second-order valence-electron chi connectivity index (χ2n) is 8.09. The van der Waals surface area contributed by atoms with Gasteiger partial charge in [0.15, 0.2) is 0 Å². The standard InChI is InChI=1S/C23H26ClN3O4S/c1-15-13-27(14-16(2)31-15)32(29,30)22-11-17(7-8-20(22)24)23(28)25-10-9-18-12-26-21-6-4-3-5-19(18)21/h3-8,11-12,15-16,26H,9-10,13-14H2,1-2H3,(H,25,28)/t15-,16-/m0/s1. The van der Waals surface area contributed by atoms with Gasteiger partial charge in [0.2, 0.25) is 10.0 Å². The van der Waals surface area contributed by atoms with Crippen molar-refractivity contribution in [2.75, 3.05) is 19.6 Å². The number of amides is 1. The van der Waals surface area contributed by atoms with E-state index in [9.17, 15) is 13.2 Å². The van der Waals surface area contributed by atoms with E-state index in [-0.39, 0.29) is 46.7 Å². The van der Waals surface area contributed by atoms with Crippen LogP contribution in [0.1, 0.15) is 29.8 Å². The molecule has 2 atom stereocenters. The predicted octanol–water partition coefficient (Wildman–Crippen LogP) is 3.59. The summed E-state index contributed by atoms with van der Waals surface area (Å²) < 4.78 is 33.4. The highest BCUT2D eigenvalue weighted by molar-refractivity contribution is 7.89. The van der Waals surface area contributed by atoms with Crippen LogP contribution in [-0.2, 0) is 21.2 Å². The molecule has 1 saturated heterocycles. The number of benzene rings is 2. The van der Waals surface area contributed by atoms with E-state index in [2.05, 4.69) is 10.3 Å². The lowest BCUT2D eigenvalue weighted by Gasteiger charge is -2.34. The molecule has 1 fully saturated rings. The fraction of sp³-hybridized carbons (Fsp3) is 0.348. The van der Waals surface area contributed by atoms with E-state index in [4.69, 9.17) is 16.3 Å². The van der Waals surface area contributed by atoms with Crippen LogP contribution in [0.15, 0.2) is 53.6 Å². The van der Waals surface area contributed by atoms with Gasteiger partial charge in [0.1, 0.15) is 4.90 Å². The first-order valence-electron chi connectivity index (χ1n) is 10.5. The minimum absolute atomic E-state index is 0.0651. The maximum atomic E-state index is 13.2. The van der Waals surface area contributed by atoms with Gasteiger partial charge in [-0.3, -0.25) is 4.79 Å². The van der Waals surface area contributed by atoms with Crippen LogP contribution < -0.4 is 5.32 Å². The first kappa shape index (κ1) is 22.8. The lowest BCUT2D eigenvalue weighted by Crippen LogP contribution is -2.48. The van der Waals surface area contributed by atoms with Crippen molar-refractivity contribution in [3.8, 4) is 0 Å². The number of ether oxygens (including phenoxy) is 1. The molecular formula is C23H26ClN3O4S. The Bertz CT molecular complexity index is 1230. The Morgan fingerprint density at radius 3 is 2.66 bits per heavy atom. The summed E-state index contributed by atoms with van der Waals surface area (Å²) in [5.74, 6) is -0.346. The maximum Gasteiger partial charge on any atom is 0.251 e. The van der Waals surface area contributed by atoms with E-state index >= 15 is 0 Å². The van der Waals surface area contributed by atoms with Gasteiger partial charge in [0, 0.05) is 42.3 Å². The Labute approximate surface area is 192 Å². The van der Waals surface area contributed by atoms with E-state index in [1.165, 1.54) is 22.5 Å². The number of halogens is 1. The van der Waals surface area contributed by atoms with Crippen molar-refractivity contribution >= 4 is 38.4 Å². The molecular weight excluding hydrogens is 450 g/mol. The summed E-state index contributed by atoms with van der Waals surface area (Å²) in [6.07, 6.45) is 2.15. The number of morpholine rings is 1. The highest BCUT2D eigenvalue weighted by atomic mass is 35.5. The molecule has 0 spiro atoms. The molecule has 1 aliphatic rings. The van der Waals surface area contributed by atoms with Crippen LogP contribution in [0, 0.1) is 0 Å². The van der Waals surface area contributed by atoms with E-state index in [1.54, 1.807) is 0 Å². The first-order chi connectivity index (χ1) is 15.3. The van der Waals surface area contributed by atoms with Gasteiger partial charge < -0.3 is 15.0 Å². The van der Waals surface area contributed by atoms with Crippen LogP contribution in [0.5, 0.6) is 0 Å². The van der Waals surface area contributed by atoms with Crippen molar-refractivity contribution < 1.29 is 17.9 Å². The van der Waals surface area contributed by atoms with Crippen molar-refractivity contribution in [2.45, 2.75) is 37.4 Å². The second-order valence-corrected chi connectivity index (χ2v) is 10.4. The van der Waals surface area contributed by atoms with Crippen molar-refractivity contribution in [2.24, 2.45) is 0 Å². The number of H-pyrrole nitrogens is 1. The Morgan fingerprint density at radius 1 is 1.19 bits per heavy atom. The number of carbonyl (C=O) groups excluding carboxylic acids is 1. The second kappa shape index (κ2) is 9.23. The largest absolute Gasteiger partial charge is 0.373 e. The van der Waals surface area contributed by atoms with Crippen LogP contribution in [0.3, 0.4) is 0 Å². The molecule has 170 valence electrons. The monoisotopic (exact) mass is 475 g/mol. The number of sulfonamides is 1. The zero-order chi connectivity index (χ0) is 22.9. The van der Waals surface area contributed by atoms with Crippen molar-refractivity contribution in [3.63, 3.8) is 0 Å². The fourth-order valence-electron chi connectivity index (χ4n) is 4.06. The number of para-hydroxylation sites is 1. The van der Waals surface area contributed by atoms with Gasteiger partial charge in [0.25, 0.3) is 5.91 Å². The van der Waals surface area contributed by atoms with Gasteiger partial charge in [-0.1, -0.05) is 29.8 Å². The summed E-state index contributed by atoms with van der Waals surface area (Å²) in [7, 11) is -3.86. The number of aromatic nitrogens is 1. The third-order valence-corrected chi connectivity index (χ3v) is 7.87. The number of nitrogens with zero attached hydrogens (tertiary/aromatic N) is 1. The summed E-state index contributed by atoms with van der Waals surface area (Å²) in [6.45, 7) is 4.56. The lowest BCUT2D eigenvalue weighted by molar-refractivity contribution is -0.0440. The zero-order valence-electron chi connectivity index (χ0n) is 18.0. The smallest absolute Gasteiger partial charge is 0.251 e. The number of hydrogen-bond donors (Lipinski definition) is 2. The third-order valence-electron chi connectivity index (χ3n) is 5.55. The van der Waals surface area contributed by atoms with E-state index < -0.39 is 10.0 Å². The van der Waals surface area contributed by atoms with Crippen molar-refractivity contribution in [1.82, 2.24) is 14.6 Å². The van der Waals surface area contributed by atoms with Gasteiger partial charge in [0.05, 0.1) is 17.2 Å². The molecule has 4 rings (SSSR count). The molecule has 1 amide bonds. The predicted molar refractivity (Wildman–Crippen MR) is 125 cm³/mol. The topological polar surface area (TPSA) is 91.5 Å². The molecule has 0 saturated carbocycles. The van der Waals surface area contributed by atoms with Crippen molar-refractivity contribution in [1.29, 1.82) is 0 Å². The Kier molecular flexibility index (Phi) is 6.57. The molecule has 2 N–H and O–H groups in total. The summed E-state index contributed by atoms with van der Waals surface area (Å²) in [6, 6.07) is 12.3. The normalized spacial score (nSPS) is 19.8. The summed E-state index contributed by atoms with van der Waals surface area (Å²) in [5.41, 5.74) is 2.41. The molecule has 7 nitrogen and oxygen atoms in total. The lowest BCUT2D eigenvalue weighted by atomic mass is 10.1. The molecule has 3 aromatic rings. The number of carbonyl (C=O) groups is 1. The van der Waals surface area contributed by atoms with Crippen LogP contribution in [0.25, 0.3) is 10.9 Å². The fourth-order valence-corrected chi connectivity index (χ4v) is 6.15. The van der Waals surface area contributed by atoms with Gasteiger partial charge in [-0.2, -0.15) is 4.31 Å². The summed E-state index contributed by atoms with van der Waals surface area (Å²) >= 11 is 6.23. The molecule has 1 aromatic heterocycles. The SMILES string of the molecule is C[C@H]1CN(S(=O)(=O)c2cc(C(=O)NCCc3c[nH]c4ccccc34)ccc2Cl)C[C@H](C)O1. The molecule has 0 bridgehead atoms. The van der Waals surface area contributed by atoms with Gasteiger partial charge in [-0.05, 0) is 50.1 Å². The summed E-state index contributed by atoms with van der Waals surface area (Å²) in [4.78, 5) is 15.9. The first-order valence-corrected chi connectivity index (χ1v) is 12.4. The molecule has 0 unspecified atom stereocenters. The van der Waals surface area contributed by atoms with Crippen LogP contribution in [0.2, 0.25) is 5.02 Å². The average Bonchev–Trinajstić information content (AvgIpc) is 3.16. The Balaban J connectivity index is 1.47. The van der Waals surface area contributed by atoms with E-state index in [1.807, 2.05) is 44.3 Å². The van der Waals surface area contributed by atoms with Crippen LogP contribution in [0.4, 0.5) is 0 Å². The molecule has 2 heterocycles. The number of aromatic amines is 1. The van der Waals surface area contributed by atoms with Crippen LogP contribution >= 0.6 is 11.6 Å². The van der Waals surface area contributed by atoms with Crippen LogP contribution in [-0.4, -0.2) is 55.5 Å². The minimum Gasteiger partial charge on any atom is -0.373 e. The number of nitrogens with one attached hydrogen (secondary N) is 2. The number of fused-ring (bicyclic) bond motifs is 1. The average molecular weight is 476 g/mol. The number of rotatable bonds is 6. The molecule has 1 aliphatic heterocycles. The van der Waals surface area contributed by atoms with Crippen molar-refractivity contribution in [3.05, 3.63) is 64.8 Å². The molecule has 2 aromatic carbocycles. The highest BCUT2D eigenvalue weighted by Gasteiger charge is 2.33. The zero-order valence-corrected chi connectivity index (χ0v) is 19.5. The van der Waals surface area contributed by atoms with Gasteiger partial charge in [-0.15, -0.1) is 0 Å². The Hall–Kier alpha value is -2.39. The van der Waals surface area contributed by atoms with E-state index in [0.29, 0.717) is 13.0 Å². The molecule has 0 aliphatic carbocycles.